The molecule has 0 bridgehead atoms. The Morgan fingerprint density at radius 2 is 1.68 bits per heavy atom. The summed E-state index contributed by atoms with van der Waals surface area (Å²) in [5, 5.41) is 6.88. The van der Waals surface area contributed by atoms with Crippen LogP contribution < -0.4 is 15.4 Å². The summed E-state index contributed by atoms with van der Waals surface area (Å²) in [5.41, 5.74) is 3.18. The van der Waals surface area contributed by atoms with Crippen LogP contribution in [0.25, 0.3) is 11.0 Å². The topological polar surface area (TPSA) is 102 Å². The molecule has 0 saturated carbocycles. The molecular formula is C30H27N3O5. The van der Waals surface area contributed by atoms with Crippen LogP contribution in [0, 0.1) is 0 Å². The van der Waals surface area contributed by atoms with Crippen molar-refractivity contribution in [1.29, 1.82) is 0 Å². The number of benzene rings is 3. The van der Waals surface area contributed by atoms with Crippen LogP contribution in [0.15, 0.2) is 99.5 Å². The molecule has 8 heteroatoms. The van der Waals surface area contributed by atoms with E-state index in [9.17, 15) is 9.59 Å². The number of allylic oxidation sites excluding steroid dienone is 1. The fourth-order valence-electron chi connectivity index (χ4n) is 4.26. The van der Waals surface area contributed by atoms with E-state index in [2.05, 4.69) is 15.6 Å². The minimum Gasteiger partial charge on any atom is -0.489 e. The summed E-state index contributed by atoms with van der Waals surface area (Å²) in [7, 11) is 0. The molecule has 0 atom stereocenters. The van der Waals surface area contributed by atoms with E-state index in [1.54, 1.807) is 19.1 Å². The summed E-state index contributed by atoms with van der Waals surface area (Å²) in [6.45, 7) is 3.93. The average molecular weight is 510 g/mol. The van der Waals surface area contributed by atoms with E-state index in [0.29, 0.717) is 34.7 Å². The number of amides is 1. The van der Waals surface area contributed by atoms with E-state index in [1.165, 1.54) is 0 Å². The first-order valence-corrected chi connectivity index (χ1v) is 12.4. The van der Waals surface area contributed by atoms with Crippen LogP contribution in [0.4, 0.5) is 11.4 Å². The van der Waals surface area contributed by atoms with Crippen molar-refractivity contribution in [3.8, 4) is 5.75 Å². The molecular weight excluding hydrogens is 482 g/mol. The molecule has 1 aliphatic rings. The quantitative estimate of drug-likeness (QED) is 0.291. The Kier molecular flexibility index (Phi) is 7.21. The second-order valence-electron chi connectivity index (χ2n) is 8.49. The molecule has 38 heavy (non-hydrogen) atoms. The maximum Gasteiger partial charge on any atom is 0.343 e. The molecule has 5 rings (SSSR count). The molecule has 1 aliphatic heterocycles. The third kappa shape index (κ3) is 5.01. The highest BCUT2D eigenvalue weighted by Crippen LogP contribution is 2.32. The van der Waals surface area contributed by atoms with Crippen LogP contribution in [0.5, 0.6) is 5.75 Å². The highest BCUT2D eigenvalue weighted by Gasteiger charge is 2.29. The molecule has 2 heterocycles. The molecule has 0 saturated heterocycles. The van der Waals surface area contributed by atoms with Gasteiger partial charge in [-0.3, -0.25) is 4.79 Å². The average Bonchev–Trinajstić information content (AvgIpc) is 3.23. The number of ether oxygens (including phenoxy) is 2. The molecule has 8 nitrogen and oxygen atoms in total. The Hall–Kier alpha value is -4.85. The van der Waals surface area contributed by atoms with Gasteiger partial charge < -0.3 is 24.5 Å². The van der Waals surface area contributed by atoms with Crippen LogP contribution in [0.1, 0.15) is 36.4 Å². The van der Waals surface area contributed by atoms with E-state index < -0.39 is 11.9 Å². The number of carbonyl (C=O) groups excluding carboxylic acids is 2. The number of hydrogen-bond acceptors (Lipinski definition) is 7. The molecule has 192 valence electrons. The molecule has 0 spiro atoms. The largest absolute Gasteiger partial charge is 0.489 e. The Morgan fingerprint density at radius 3 is 2.47 bits per heavy atom. The molecule has 0 aliphatic carbocycles. The number of anilines is 1. The monoisotopic (exact) mass is 509 g/mol. The van der Waals surface area contributed by atoms with Gasteiger partial charge in [0.2, 0.25) is 0 Å². The number of fused-ring (bicyclic) bond motifs is 2. The van der Waals surface area contributed by atoms with Gasteiger partial charge in [-0.2, -0.15) is 0 Å². The smallest absolute Gasteiger partial charge is 0.343 e. The predicted octanol–water partition coefficient (Wildman–Crippen LogP) is 6.12. The molecule has 1 amide bonds. The first-order chi connectivity index (χ1) is 18.6. The Balaban J connectivity index is 1.55. The lowest BCUT2D eigenvalue weighted by atomic mass is 10.1. The van der Waals surface area contributed by atoms with Crippen molar-refractivity contribution in [1.82, 2.24) is 5.32 Å². The fourth-order valence-corrected chi connectivity index (χ4v) is 4.26. The van der Waals surface area contributed by atoms with Gasteiger partial charge in [-0.25, -0.2) is 9.79 Å². The van der Waals surface area contributed by atoms with Crippen molar-refractivity contribution in [2.45, 2.75) is 26.9 Å². The molecule has 0 unspecified atom stereocenters. The highest BCUT2D eigenvalue weighted by molar-refractivity contribution is 6.26. The number of nitrogens with one attached hydrogen (secondary N) is 2. The van der Waals surface area contributed by atoms with Gasteiger partial charge in [-0.15, -0.1) is 0 Å². The number of hydrogen-bond donors (Lipinski definition) is 2. The maximum atomic E-state index is 13.7. The summed E-state index contributed by atoms with van der Waals surface area (Å²) in [6.07, 6.45) is 0.484. The molecule has 4 aromatic rings. The van der Waals surface area contributed by atoms with Gasteiger partial charge >= 0.3 is 5.97 Å². The molecule has 3 aromatic carbocycles. The lowest BCUT2D eigenvalue weighted by Crippen LogP contribution is -2.36. The van der Waals surface area contributed by atoms with Gasteiger partial charge in [0, 0.05) is 16.6 Å². The first kappa shape index (κ1) is 24.8. The lowest BCUT2D eigenvalue weighted by molar-refractivity contribution is -0.137. The van der Waals surface area contributed by atoms with E-state index in [-0.39, 0.29) is 30.4 Å². The maximum absolute atomic E-state index is 13.7. The number of carbonyl (C=O) groups is 2. The number of nitrogens with zero attached hydrogens (tertiary/aromatic N) is 1. The molecule has 1 aromatic heterocycles. The van der Waals surface area contributed by atoms with Crippen LogP contribution in [0.2, 0.25) is 0 Å². The number of esters is 1. The van der Waals surface area contributed by atoms with E-state index in [1.807, 2.05) is 73.7 Å². The van der Waals surface area contributed by atoms with Gasteiger partial charge in [-0.05, 0) is 43.7 Å². The second kappa shape index (κ2) is 11.0. The molecule has 2 N–H and O–H groups in total. The van der Waals surface area contributed by atoms with Gasteiger partial charge in [0.25, 0.3) is 5.91 Å². The van der Waals surface area contributed by atoms with Crippen molar-refractivity contribution in [2.75, 3.05) is 11.9 Å². The van der Waals surface area contributed by atoms with Crippen LogP contribution in [0.3, 0.4) is 0 Å². The van der Waals surface area contributed by atoms with Crippen LogP contribution >= 0.6 is 0 Å². The summed E-state index contributed by atoms with van der Waals surface area (Å²) in [5.74, 6) is -0.306. The minimum absolute atomic E-state index is 0.0802. The first-order valence-electron chi connectivity index (χ1n) is 12.4. The predicted molar refractivity (Wildman–Crippen MR) is 146 cm³/mol. The zero-order chi connectivity index (χ0) is 26.5. The van der Waals surface area contributed by atoms with Crippen molar-refractivity contribution in [3.63, 3.8) is 0 Å². The number of aliphatic imine (C=N–C) groups is 1. The number of furan rings is 1. The molecule has 0 radical (unpaired) electrons. The van der Waals surface area contributed by atoms with E-state index in [4.69, 9.17) is 13.9 Å². The zero-order valence-electron chi connectivity index (χ0n) is 21.1. The zero-order valence-corrected chi connectivity index (χ0v) is 21.1. The lowest BCUT2D eigenvalue weighted by Gasteiger charge is -2.15. The Labute approximate surface area is 220 Å². The van der Waals surface area contributed by atoms with Gasteiger partial charge in [0.05, 0.1) is 18.0 Å². The highest BCUT2D eigenvalue weighted by atomic mass is 16.5. The second-order valence-corrected chi connectivity index (χ2v) is 8.49. The summed E-state index contributed by atoms with van der Waals surface area (Å²) >= 11 is 0. The SMILES string of the molecule is CCOC(=O)C1=C(CC)Nc2ccccc2N=C1NC(=O)c1oc2ccccc2c1COc1ccccc1. The van der Waals surface area contributed by atoms with Crippen molar-refractivity contribution >= 4 is 40.1 Å². The summed E-state index contributed by atoms with van der Waals surface area (Å²) < 4.78 is 17.3. The van der Waals surface area contributed by atoms with Crippen molar-refractivity contribution < 1.29 is 23.5 Å². The van der Waals surface area contributed by atoms with Crippen molar-refractivity contribution in [3.05, 3.63) is 101 Å². The van der Waals surface area contributed by atoms with Gasteiger partial charge in [0.1, 0.15) is 29.3 Å². The standard InChI is InChI=1S/C30H27N3O5/c1-3-22-26(30(35)36-4-2)28(32-24-16-10-9-15-23(24)31-22)33-29(34)27-21(18-37-19-12-6-5-7-13-19)20-14-8-11-17-25(20)38-27/h5-17,31H,3-4,18H2,1-2H3,(H,32,33,34). The minimum atomic E-state index is -0.582. The Morgan fingerprint density at radius 1 is 0.947 bits per heavy atom. The third-order valence-electron chi connectivity index (χ3n) is 6.06. The van der Waals surface area contributed by atoms with Gasteiger partial charge in [0.15, 0.2) is 5.76 Å². The van der Waals surface area contributed by atoms with Crippen LogP contribution in [-0.2, 0) is 16.1 Å². The Bertz CT molecular complexity index is 1550. The van der Waals surface area contributed by atoms with Gasteiger partial charge in [-0.1, -0.05) is 55.5 Å². The number of rotatable bonds is 7. The van der Waals surface area contributed by atoms with E-state index >= 15 is 0 Å². The van der Waals surface area contributed by atoms with Crippen LogP contribution in [-0.4, -0.2) is 24.3 Å². The van der Waals surface area contributed by atoms with Crippen molar-refractivity contribution in [2.24, 2.45) is 4.99 Å². The number of para-hydroxylation sites is 4. The molecule has 0 fully saturated rings. The van der Waals surface area contributed by atoms with E-state index in [0.717, 1.165) is 11.1 Å². The third-order valence-corrected chi connectivity index (χ3v) is 6.06. The normalized spacial score (nSPS) is 12.7. The summed E-state index contributed by atoms with van der Waals surface area (Å²) in [6, 6.07) is 24.1. The fraction of sp³-hybridized carbons (Fsp3) is 0.167. The number of amidine groups is 1. The summed E-state index contributed by atoms with van der Waals surface area (Å²) in [4.78, 5) is 31.5.